The monoisotopic (exact) mass is 278 g/mol. The van der Waals surface area contributed by atoms with Gasteiger partial charge in [0.1, 0.15) is 12.2 Å². The van der Waals surface area contributed by atoms with E-state index in [9.17, 15) is 14.4 Å². The fourth-order valence-electron chi connectivity index (χ4n) is 2.05. The van der Waals surface area contributed by atoms with Crippen molar-refractivity contribution in [2.45, 2.75) is 13.0 Å². The molecule has 1 aliphatic heterocycles. The molecule has 0 aliphatic carbocycles. The first-order valence-electron chi connectivity index (χ1n) is 6.04. The molecule has 0 radical (unpaired) electrons. The van der Waals surface area contributed by atoms with Crippen molar-refractivity contribution in [2.75, 3.05) is 13.2 Å². The molecule has 2 heterocycles. The van der Waals surface area contributed by atoms with Crippen LogP contribution < -0.4 is 5.43 Å². The number of amides is 1. The fourth-order valence-corrected chi connectivity index (χ4v) is 2.05. The summed E-state index contributed by atoms with van der Waals surface area (Å²) in [6.07, 6.45) is 2.55. The van der Waals surface area contributed by atoms with Gasteiger partial charge in [-0.3, -0.25) is 4.79 Å². The SMILES string of the molecule is C=CCOC(=O)N1CCc2[nH]cc(C(=O)O)c(=O)c2C1. The summed E-state index contributed by atoms with van der Waals surface area (Å²) in [4.78, 5) is 38.9. The van der Waals surface area contributed by atoms with Crippen LogP contribution in [0.15, 0.2) is 23.6 Å². The van der Waals surface area contributed by atoms with Gasteiger partial charge in [0, 0.05) is 30.4 Å². The second kappa shape index (κ2) is 5.60. The maximum absolute atomic E-state index is 12.0. The molecule has 0 saturated heterocycles. The molecule has 0 fully saturated rings. The van der Waals surface area contributed by atoms with Gasteiger partial charge in [-0.15, -0.1) is 0 Å². The van der Waals surface area contributed by atoms with Crippen molar-refractivity contribution >= 4 is 12.1 Å². The van der Waals surface area contributed by atoms with E-state index in [2.05, 4.69) is 11.6 Å². The molecule has 7 nitrogen and oxygen atoms in total. The molecule has 1 aromatic heterocycles. The third-order valence-corrected chi connectivity index (χ3v) is 3.07. The molecule has 106 valence electrons. The van der Waals surface area contributed by atoms with E-state index in [-0.39, 0.29) is 18.7 Å². The maximum Gasteiger partial charge on any atom is 0.410 e. The van der Waals surface area contributed by atoms with E-state index in [4.69, 9.17) is 9.84 Å². The van der Waals surface area contributed by atoms with Crippen LogP contribution in [0, 0.1) is 0 Å². The Balaban J connectivity index is 2.26. The molecule has 0 aromatic carbocycles. The van der Waals surface area contributed by atoms with Crippen LogP contribution in [-0.2, 0) is 17.7 Å². The van der Waals surface area contributed by atoms with Gasteiger partial charge in [0.25, 0.3) is 0 Å². The highest BCUT2D eigenvalue weighted by Gasteiger charge is 2.26. The van der Waals surface area contributed by atoms with Crippen LogP contribution in [0.3, 0.4) is 0 Å². The molecule has 1 aliphatic rings. The van der Waals surface area contributed by atoms with Gasteiger partial charge in [-0.1, -0.05) is 12.7 Å². The number of nitrogens with zero attached hydrogens (tertiary/aromatic N) is 1. The second-order valence-electron chi connectivity index (χ2n) is 4.33. The smallest absolute Gasteiger partial charge is 0.410 e. The Morgan fingerprint density at radius 2 is 2.30 bits per heavy atom. The van der Waals surface area contributed by atoms with Gasteiger partial charge < -0.3 is 19.7 Å². The number of aromatic carboxylic acids is 1. The number of aromatic nitrogens is 1. The van der Waals surface area contributed by atoms with Crippen LogP contribution >= 0.6 is 0 Å². The summed E-state index contributed by atoms with van der Waals surface area (Å²) in [5.41, 5.74) is 0.0667. The number of nitrogens with one attached hydrogen (secondary N) is 1. The molecular weight excluding hydrogens is 264 g/mol. The van der Waals surface area contributed by atoms with Gasteiger partial charge in [-0.25, -0.2) is 9.59 Å². The number of aromatic amines is 1. The van der Waals surface area contributed by atoms with Crippen LogP contribution in [-0.4, -0.2) is 40.2 Å². The standard InChI is InChI=1S/C13H14N2O5/c1-2-5-20-13(19)15-4-3-10-9(7-15)11(16)8(6-14-10)12(17)18/h2,6H,1,3-5,7H2,(H,14,16)(H,17,18). The summed E-state index contributed by atoms with van der Waals surface area (Å²) in [6, 6.07) is 0. The zero-order valence-electron chi connectivity index (χ0n) is 10.7. The number of ether oxygens (including phenoxy) is 1. The lowest BCUT2D eigenvalue weighted by atomic mass is 10.0. The second-order valence-corrected chi connectivity index (χ2v) is 4.33. The first-order chi connectivity index (χ1) is 9.54. The van der Waals surface area contributed by atoms with E-state index in [0.29, 0.717) is 24.2 Å². The Morgan fingerprint density at radius 1 is 1.55 bits per heavy atom. The highest BCUT2D eigenvalue weighted by molar-refractivity contribution is 5.87. The predicted molar refractivity (Wildman–Crippen MR) is 69.7 cm³/mol. The van der Waals surface area contributed by atoms with E-state index in [1.54, 1.807) is 0 Å². The molecule has 2 rings (SSSR count). The number of H-pyrrole nitrogens is 1. The van der Waals surface area contributed by atoms with Gasteiger partial charge in [-0.2, -0.15) is 0 Å². The minimum atomic E-state index is -1.29. The van der Waals surface area contributed by atoms with E-state index < -0.39 is 17.5 Å². The van der Waals surface area contributed by atoms with Crippen LogP contribution in [0.4, 0.5) is 4.79 Å². The minimum absolute atomic E-state index is 0.0434. The summed E-state index contributed by atoms with van der Waals surface area (Å²) < 4.78 is 4.90. The van der Waals surface area contributed by atoms with Crippen molar-refractivity contribution in [2.24, 2.45) is 0 Å². The maximum atomic E-state index is 12.0. The molecule has 0 spiro atoms. The largest absolute Gasteiger partial charge is 0.477 e. The Kier molecular flexibility index (Phi) is 3.88. The molecule has 0 atom stereocenters. The zero-order valence-corrected chi connectivity index (χ0v) is 10.7. The summed E-state index contributed by atoms with van der Waals surface area (Å²) >= 11 is 0. The zero-order chi connectivity index (χ0) is 14.7. The number of hydrogen-bond donors (Lipinski definition) is 2. The molecule has 1 amide bonds. The van der Waals surface area contributed by atoms with Crippen molar-refractivity contribution in [3.8, 4) is 0 Å². The van der Waals surface area contributed by atoms with Gasteiger partial charge >= 0.3 is 12.1 Å². The van der Waals surface area contributed by atoms with Gasteiger partial charge in [-0.05, 0) is 0 Å². The van der Waals surface area contributed by atoms with Crippen molar-refractivity contribution in [3.05, 3.63) is 45.9 Å². The van der Waals surface area contributed by atoms with E-state index in [0.717, 1.165) is 0 Å². The third-order valence-electron chi connectivity index (χ3n) is 3.07. The summed E-state index contributed by atoms with van der Waals surface area (Å²) in [5, 5.41) is 8.92. The molecule has 7 heteroatoms. The van der Waals surface area contributed by atoms with E-state index in [1.807, 2.05) is 0 Å². The van der Waals surface area contributed by atoms with Crippen molar-refractivity contribution in [1.29, 1.82) is 0 Å². The number of rotatable bonds is 3. The average Bonchev–Trinajstić information content (AvgIpc) is 2.44. The van der Waals surface area contributed by atoms with Gasteiger partial charge in [0.05, 0.1) is 6.54 Å². The summed E-state index contributed by atoms with van der Waals surface area (Å²) in [5.74, 6) is -1.29. The van der Waals surface area contributed by atoms with Crippen molar-refractivity contribution < 1.29 is 19.4 Å². The van der Waals surface area contributed by atoms with Crippen LogP contribution in [0.5, 0.6) is 0 Å². The quantitative estimate of drug-likeness (QED) is 0.795. The molecule has 0 unspecified atom stereocenters. The van der Waals surface area contributed by atoms with Crippen LogP contribution in [0.1, 0.15) is 21.6 Å². The Morgan fingerprint density at radius 3 is 2.95 bits per heavy atom. The first kappa shape index (κ1) is 13.9. The average molecular weight is 278 g/mol. The van der Waals surface area contributed by atoms with E-state index >= 15 is 0 Å². The van der Waals surface area contributed by atoms with Crippen LogP contribution in [0.25, 0.3) is 0 Å². The molecule has 0 saturated carbocycles. The highest BCUT2D eigenvalue weighted by Crippen LogP contribution is 2.15. The number of carboxylic acids is 1. The Hall–Kier alpha value is -2.57. The number of carbonyl (C=O) groups excluding carboxylic acids is 1. The number of carboxylic acid groups (broad SMARTS) is 1. The fraction of sp³-hybridized carbons (Fsp3) is 0.308. The minimum Gasteiger partial charge on any atom is -0.477 e. The lowest BCUT2D eigenvalue weighted by Crippen LogP contribution is -2.40. The topological polar surface area (TPSA) is 99.7 Å². The highest BCUT2D eigenvalue weighted by atomic mass is 16.6. The van der Waals surface area contributed by atoms with Gasteiger partial charge in [0.15, 0.2) is 0 Å². The number of carbonyl (C=O) groups is 2. The van der Waals surface area contributed by atoms with Crippen LogP contribution in [0.2, 0.25) is 0 Å². The van der Waals surface area contributed by atoms with Crippen molar-refractivity contribution in [3.63, 3.8) is 0 Å². The lowest BCUT2D eigenvalue weighted by Gasteiger charge is -2.27. The molecular formula is C13H14N2O5. The third kappa shape index (κ3) is 2.56. The molecule has 20 heavy (non-hydrogen) atoms. The first-order valence-corrected chi connectivity index (χ1v) is 6.04. The predicted octanol–water partition coefficient (Wildman–Crippen LogP) is 0.754. The summed E-state index contributed by atoms with van der Waals surface area (Å²) in [7, 11) is 0. The molecule has 2 N–H and O–H groups in total. The molecule has 1 aromatic rings. The summed E-state index contributed by atoms with van der Waals surface area (Å²) in [6.45, 7) is 3.99. The Labute approximate surface area is 114 Å². The Bertz CT molecular complexity index is 620. The van der Waals surface area contributed by atoms with Crippen molar-refractivity contribution in [1.82, 2.24) is 9.88 Å². The normalized spacial score (nSPS) is 13.5. The van der Waals surface area contributed by atoms with E-state index in [1.165, 1.54) is 17.2 Å². The number of pyridine rings is 1. The van der Waals surface area contributed by atoms with Gasteiger partial charge in [0.2, 0.25) is 5.43 Å². The number of fused-ring (bicyclic) bond motifs is 1. The molecule has 0 bridgehead atoms. The number of hydrogen-bond acceptors (Lipinski definition) is 4. The lowest BCUT2D eigenvalue weighted by molar-refractivity contribution is 0.0694.